The molecule has 1 aliphatic heterocycles. The van der Waals surface area contributed by atoms with Gasteiger partial charge in [0.2, 0.25) is 5.95 Å². The number of ketones is 1. The minimum atomic E-state index is -0.0998. The summed E-state index contributed by atoms with van der Waals surface area (Å²) in [7, 11) is 1.74. The van der Waals surface area contributed by atoms with E-state index in [0.717, 1.165) is 31.4 Å². The number of aromatic nitrogens is 3. The molecule has 1 saturated heterocycles. The first-order chi connectivity index (χ1) is 12.5. The molecule has 138 valence electrons. The average Bonchev–Trinajstić information content (AvgIpc) is 2.69. The van der Waals surface area contributed by atoms with E-state index in [-0.39, 0.29) is 17.4 Å². The molecule has 0 bridgehead atoms. The van der Waals surface area contributed by atoms with Crippen LogP contribution in [0.25, 0.3) is 11.3 Å². The Morgan fingerprint density at radius 3 is 2.77 bits per heavy atom. The minimum absolute atomic E-state index is 0.0141. The molecule has 1 fully saturated rings. The quantitative estimate of drug-likeness (QED) is 0.826. The number of anilines is 1. The van der Waals surface area contributed by atoms with Crippen LogP contribution in [0.15, 0.2) is 35.4 Å². The van der Waals surface area contributed by atoms with Crippen LogP contribution in [0.4, 0.5) is 5.95 Å². The van der Waals surface area contributed by atoms with Gasteiger partial charge in [-0.05, 0) is 31.4 Å². The summed E-state index contributed by atoms with van der Waals surface area (Å²) in [6, 6.07) is 5.23. The highest BCUT2D eigenvalue weighted by atomic mass is 16.1. The topological polar surface area (TPSA) is 68.1 Å². The second-order valence-corrected chi connectivity index (χ2v) is 7.07. The highest BCUT2D eigenvalue weighted by molar-refractivity contribution is 5.83. The van der Waals surface area contributed by atoms with Gasteiger partial charge >= 0.3 is 0 Å². The smallest absolute Gasteiger partial charge is 0.255 e. The Morgan fingerprint density at radius 2 is 2.08 bits per heavy atom. The SMILES string of the molecule is CCC(C)C(=O)C1CCCN(c2nc(-c3ccncc3)cc(=O)n2C)C1. The van der Waals surface area contributed by atoms with Crippen LogP contribution in [0.2, 0.25) is 0 Å². The molecular formula is C20H26N4O2. The molecule has 3 rings (SSSR count). The minimum Gasteiger partial charge on any atom is -0.341 e. The van der Waals surface area contributed by atoms with Gasteiger partial charge in [0.05, 0.1) is 5.69 Å². The summed E-state index contributed by atoms with van der Waals surface area (Å²) in [6.07, 6.45) is 6.09. The van der Waals surface area contributed by atoms with Crippen molar-refractivity contribution in [3.63, 3.8) is 0 Å². The third-order valence-electron chi connectivity index (χ3n) is 5.29. The molecule has 26 heavy (non-hydrogen) atoms. The third-order valence-corrected chi connectivity index (χ3v) is 5.29. The first-order valence-corrected chi connectivity index (χ1v) is 9.28. The Morgan fingerprint density at radius 1 is 1.35 bits per heavy atom. The van der Waals surface area contributed by atoms with Gasteiger partial charge in [0.25, 0.3) is 5.56 Å². The number of hydrogen-bond donors (Lipinski definition) is 0. The van der Waals surface area contributed by atoms with Crippen molar-refractivity contribution in [2.45, 2.75) is 33.1 Å². The van der Waals surface area contributed by atoms with Gasteiger partial charge in [-0.25, -0.2) is 4.98 Å². The molecule has 3 heterocycles. The molecule has 0 aromatic carbocycles. The Kier molecular flexibility index (Phi) is 5.49. The van der Waals surface area contributed by atoms with E-state index in [1.807, 2.05) is 26.0 Å². The van der Waals surface area contributed by atoms with Crippen molar-refractivity contribution in [2.75, 3.05) is 18.0 Å². The van der Waals surface area contributed by atoms with Crippen molar-refractivity contribution < 1.29 is 4.79 Å². The lowest BCUT2D eigenvalue weighted by atomic mass is 9.86. The number of nitrogens with zero attached hydrogens (tertiary/aromatic N) is 4. The van der Waals surface area contributed by atoms with Crippen molar-refractivity contribution >= 4 is 11.7 Å². The van der Waals surface area contributed by atoms with Crippen molar-refractivity contribution in [3.8, 4) is 11.3 Å². The van der Waals surface area contributed by atoms with E-state index in [9.17, 15) is 9.59 Å². The maximum atomic E-state index is 12.6. The van der Waals surface area contributed by atoms with E-state index in [4.69, 9.17) is 4.98 Å². The molecule has 0 saturated carbocycles. The highest BCUT2D eigenvalue weighted by Gasteiger charge is 2.29. The predicted octanol–water partition coefficient (Wildman–Crippen LogP) is 2.67. The van der Waals surface area contributed by atoms with Crippen LogP contribution in [0.1, 0.15) is 33.1 Å². The molecule has 6 heteroatoms. The van der Waals surface area contributed by atoms with Crippen molar-refractivity contribution in [1.82, 2.24) is 14.5 Å². The number of pyridine rings is 1. The number of carbonyl (C=O) groups excluding carboxylic acids is 1. The van der Waals surface area contributed by atoms with Crippen LogP contribution in [-0.2, 0) is 11.8 Å². The lowest BCUT2D eigenvalue weighted by Crippen LogP contribution is -2.43. The number of Topliss-reactive ketones (excluding diaryl/α,β-unsaturated/α-hetero) is 1. The van der Waals surface area contributed by atoms with E-state index < -0.39 is 0 Å². The summed E-state index contributed by atoms with van der Waals surface area (Å²) in [4.78, 5) is 35.9. The van der Waals surface area contributed by atoms with Gasteiger partial charge in [-0.3, -0.25) is 19.1 Å². The van der Waals surface area contributed by atoms with E-state index in [0.29, 0.717) is 24.0 Å². The van der Waals surface area contributed by atoms with Crippen LogP contribution in [0.5, 0.6) is 0 Å². The summed E-state index contributed by atoms with van der Waals surface area (Å²) in [5.41, 5.74) is 1.40. The Labute approximate surface area is 153 Å². The molecule has 0 N–H and O–H groups in total. The normalized spacial score (nSPS) is 18.6. The number of rotatable bonds is 5. The fourth-order valence-electron chi connectivity index (χ4n) is 3.48. The molecular weight excluding hydrogens is 328 g/mol. The van der Waals surface area contributed by atoms with Gasteiger partial charge in [0.15, 0.2) is 0 Å². The van der Waals surface area contributed by atoms with Crippen molar-refractivity contribution in [1.29, 1.82) is 0 Å². The fraction of sp³-hybridized carbons (Fsp3) is 0.500. The maximum absolute atomic E-state index is 12.6. The fourth-order valence-corrected chi connectivity index (χ4v) is 3.48. The predicted molar refractivity (Wildman–Crippen MR) is 102 cm³/mol. The molecule has 2 unspecified atom stereocenters. The second kappa shape index (κ2) is 7.81. The monoisotopic (exact) mass is 354 g/mol. The van der Waals surface area contributed by atoms with Crippen molar-refractivity contribution in [2.24, 2.45) is 18.9 Å². The number of carbonyl (C=O) groups is 1. The van der Waals surface area contributed by atoms with E-state index in [1.165, 1.54) is 0 Å². The van der Waals surface area contributed by atoms with Gasteiger partial charge < -0.3 is 4.90 Å². The van der Waals surface area contributed by atoms with Gasteiger partial charge in [-0.2, -0.15) is 0 Å². The van der Waals surface area contributed by atoms with E-state index in [2.05, 4.69) is 9.88 Å². The van der Waals surface area contributed by atoms with Crippen LogP contribution >= 0.6 is 0 Å². The standard InChI is InChI=1S/C20H26N4O2/c1-4-14(2)19(26)16-6-5-11-24(13-16)20-22-17(12-18(25)23(20)3)15-7-9-21-10-8-15/h7-10,12,14,16H,4-6,11,13H2,1-3H3. The van der Waals surface area contributed by atoms with Crippen LogP contribution in [0.3, 0.4) is 0 Å². The first kappa shape index (κ1) is 18.3. The summed E-state index contributed by atoms with van der Waals surface area (Å²) in [5, 5.41) is 0. The molecule has 6 nitrogen and oxygen atoms in total. The molecule has 0 radical (unpaired) electrons. The third kappa shape index (κ3) is 3.69. The summed E-state index contributed by atoms with van der Waals surface area (Å²) in [5.74, 6) is 1.05. The van der Waals surface area contributed by atoms with Gasteiger partial charge in [0, 0.05) is 56.0 Å². The molecule has 0 aliphatic carbocycles. The van der Waals surface area contributed by atoms with Gasteiger partial charge in [-0.1, -0.05) is 13.8 Å². The number of hydrogen-bond acceptors (Lipinski definition) is 5. The Hall–Kier alpha value is -2.50. The van der Waals surface area contributed by atoms with Gasteiger partial charge in [-0.15, -0.1) is 0 Å². The zero-order valence-electron chi connectivity index (χ0n) is 15.7. The molecule has 2 aromatic heterocycles. The second-order valence-electron chi connectivity index (χ2n) is 7.07. The summed E-state index contributed by atoms with van der Waals surface area (Å²) in [6.45, 7) is 5.49. The van der Waals surface area contributed by atoms with Gasteiger partial charge in [0.1, 0.15) is 5.78 Å². The molecule has 2 atom stereocenters. The Bertz CT molecular complexity index is 831. The zero-order valence-corrected chi connectivity index (χ0v) is 15.7. The molecule has 2 aromatic rings. The lowest BCUT2D eigenvalue weighted by Gasteiger charge is -2.34. The maximum Gasteiger partial charge on any atom is 0.255 e. The molecule has 1 aliphatic rings. The molecule has 0 spiro atoms. The van der Waals surface area contributed by atoms with Crippen LogP contribution in [0, 0.1) is 11.8 Å². The molecule has 0 amide bonds. The first-order valence-electron chi connectivity index (χ1n) is 9.28. The van der Waals surface area contributed by atoms with Crippen molar-refractivity contribution in [3.05, 3.63) is 40.9 Å². The summed E-state index contributed by atoms with van der Waals surface area (Å²) < 4.78 is 1.57. The summed E-state index contributed by atoms with van der Waals surface area (Å²) >= 11 is 0. The van der Waals surface area contributed by atoms with Crippen LogP contribution in [-0.4, -0.2) is 33.4 Å². The zero-order chi connectivity index (χ0) is 18.7. The lowest BCUT2D eigenvalue weighted by molar-refractivity contribution is -0.126. The van der Waals surface area contributed by atoms with E-state index >= 15 is 0 Å². The Balaban J connectivity index is 1.92. The van der Waals surface area contributed by atoms with Crippen LogP contribution < -0.4 is 10.5 Å². The largest absolute Gasteiger partial charge is 0.341 e. The number of piperidine rings is 1. The average molecular weight is 354 g/mol. The van der Waals surface area contributed by atoms with E-state index in [1.54, 1.807) is 30.1 Å². The highest BCUT2D eigenvalue weighted by Crippen LogP contribution is 2.26.